The minimum atomic E-state index is -0.631. The third kappa shape index (κ3) is 2.81. The Hall–Kier alpha value is -2.57. The van der Waals surface area contributed by atoms with Gasteiger partial charge in [0.2, 0.25) is 0 Å². The molecule has 0 aliphatic heterocycles. The fourth-order valence-corrected chi connectivity index (χ4v) is 2.39. The van der Waals surface area contributed by atoms with E-state index >= 15 is 0 Å². The van der Waals surface area contributed by atoms with Crippen molar-refractivity contribution in [1.82, 2.24) is 20.2 Å². The molecule has 1 fully saturated rings. The van der Waals surface area contributed by atoms with Gasteiger partial charge in [-0.2, -0.15) is 4.68 Å². The molecule has 0 radical (unpaired) electrons. The van der Waals surface area contributed by atoms with Crippen LogP contribution in [0.1, 0.15) is 36.0 Å². The Morgan fingerprint density at radius 3 is 2.90 bits per heavy atom. The van der Waals surface area contributed by atoms with Gasteiger partial charge in [-0.25, -0.2) is 4.79 Å². The van der Waals surface area contributed by atoms with Crippen LogP contribution >= 0.6 is 0 Å². The summed E-state index contributed by atoms with van der Waals surface area (Å²) in [5.74, 6) is -0.532. The Labute approximate surface area is 120 Å². The Balaban J connectivity index is 1.83. The van der Waals surface area contributed by atoms with Crippen molar-refractivity contribution in [1.29, 1.82) is 0 Å². The summed E-state index contributed by atoms with van der Waals surface area (Å²) < 4.78 is 6.75. The molecule has 0 N–H and O–H groups in total. The van der Waals surface area contributed by atoms with Crippen LogP contribution in [0.25, 0.3) is 5.69 Å². The van der Waals surface area contributed by atoms with Crippen molar-refractivity contribution < 1.29 is 14.3 Å². The number of ether oxygens (including phenoxy) is 1. The van der Waals surface area contributed by atoms with Crippen molar-refractivity contribution in [3.63, 3.8) is 0 Å². The molecule has 1 aromatic heterocycles. The first-order chi connectivity index (χ1) is 10.3. The molecule has 0 amide bonds. The maximum Gasteiger partial charge on any atom is 0.341 e. The highest BCUT2D eigenvalue weighted by Crippen LogP contribution is 2.20. The van der Waals surface area contributed by atoms with E-state index in [-0.39, 0.29) is 5.78 Å². The van der Waals surface area contributed by atoms with Crippen molar-refractivity contribution in [2.45, 2.75) is 31.8 Å². The zero-order valence-electron chi connectivity index (χ0n) is 11.3. The molecule has 21 heavy (non-hydrogen) atoms. The van der Waals surface area contributed by atoms with Gasteiger partial charge in [-0.1, -0.05) is 12.1 Å². The van der Waals surface area contributed by atoms with Gasteiger partial charge < -0.3 is 4.74 Å². The van der Waals surface area contributed by atoms with E-state index in [9.17, 15) is 9.59 Å². The van der Waals surface area contributed by atoms with Gasteiger partial charge in [0.1, 0.15) is 6.33 Å². The molecule has 108 valence electrons. The van der Waals surface area contributed by atoms with Crippen molar-refractivity contribution in [2.75, 3.05) is 0 Å². The molecule has 0 spiro atoms. The number of carbonyl (C=O) groups is 2. The van der Waals surface area contributed by atoms with Crippen molar-refractivity contribution in [3.05, 3.63) is 36.2 Å². The number of nitrogens with zero attached hydrogens (tertiary/aromatic N) is 4. The molecule has 7 nitrogen and oxygen atoms in total. The van der Waals surface area contributed by atoms with Crippen molar-refractivity contribution >= 4 is 11.8 Å². The topological polar surface area (TPSA) is 87.0 Å². The molecule has 3 rings (SSSR count). The lowest BCUT2D eigenvalue weighted by Gasteiger charge is -2.21. The average Bonchev–Trinajstić information content (AvgIpc) is 3.04. The zero-order valence-corrected chi connectivity index (χ0v) is 11.3. The zero-order chi connectivity index (χ0) is 14.7. The molecule has 1 aliphatic rings. The van der Waals surface area contributed by atoms with E-state index in [0.717, 1.165) is 12.8 Å². The second-order valence-electron chi connectivity index (χ2n) is 4.88. The summed E-state index contributed by atoms with van der Waals surface area (Å²) in [4.78, 5) is 24.1. The highest BCUT2D eigenvalue weighted by Gasteiger charge is 2.27. The van der Waals surface area contributed by atoms with Gasteiger partial charge in [0, 0.05) is 6.42 Å². The molecular weight excluding hydrogens is 272 g/mol. The van der Waals surface area contributed by atoms with E-state index in [0.29, 0.717) is 24.1 Å². The minimum Gasteiger partial charge on any atom is -0.451 e. The molecule has 0 unspecified atom stereocenters. The number of rotatable bonds is 3. The van der Waals surface area contributed by atoms with Crippen LogP contribution in [0.4, 0.5) is 0 Å². The lowest BCUT2D eigenvalue weighted by atomic mass is 9.96. The smallest absolute Gasteiger partial charge is 0.341 e. The van der Waals surface area contributed by atoms with Crippen LogP contribution in [-0.4, -0.2) is 38.1 Å². The van der Waals surface area contributed by atoms with Crippen LogP contribution in [0, 0.1) is 0 Å². The molecule has 1 heterocycles. The fourth-order valence-electron chi connectivity index (χ4n) is 2.39. The standard InChI is InChI=1S/C14H14N4O3/c19-12-7-3-4-8-13(12)21-14(20)10-5-1-2-6-11(10)18-9-15-16-17-18/h1-2,5-6,9,13H,3-4,7-8H2/t13-/m0/s1. The van der Waals surface area contributed by atoms with Crippen LogP contribution in [0.15, 0.2) is 30.6 Å². The summed E-state index contributed by atoms with van der Waals surface area (Å²) in [7, 11) is 0. The molecule has 1 atom stereocenters. The van der Waals surface area contributed by atoms with Crippen LogP contribution in [0.5, 0.6) is 0 Å². The number of esters is 1. The normalized spacial score (nSPS) is 18.5. The molecule has 1 aromatic carbocycles. The Morgan fingerprint density at radius 1 is 1.29 bits per heavy atom. The number of carbonyl (C=O) groups excluding carboxylic acids is 2. The first kappa shape index (κ1) is 13.4. The molecule has 0 saturated heterocycles. The molecule has 7 heteroatoms. The van der Waals surface area contributed by atoms with Gasteiger partial charge in [0.25, 0.3) is 0 Å². The summed E-state index contributed by atoms with van der Waals surface area (Å²) in [6.45, 7) is 0. The van der Waals surface area contributed by atoms with Gasteiger partial charge in [-0.3, -0.25) is 4.79 Å². The maximum absolute atomic E-state index is 12.3. The molecule has 1 saturated carbocycles. The number of benzene rings is 1. The molecular formula is C14H14N4O3. The third-order valence-electron chi connectivity index (χ3n) is 3.47. The molecule has 2 aromatic rings. The Morgan fingerprint density at radius 2 is 2.14 bits per heavy atom. The first-order valence-corrected chi connectivity index (χ1v) is 6.82. The first-order valence-electron chi connectivity index (χ1n) is 6.82. The van der Waals surface area contributed by atoms with Crippen LogP contribution < -0.4 is 0 Å². The quantitative estimate of drug-likeness (QED) is 0.791. The summed E-state index contributed by atoms with van der Waals surface area (Å²) in [6.07, 6.45) is 3.61. The van der Waals surface area contributed by atoms with Crippen molar-refractivity contribution in [3.8, 4) is 5.69 Å². The third-order valence-corrected chi connectivity index (χ3v) is 3.47. The largest absolute Gasteiger partial charge is 0.451 e. The predicted octanol–water partition coefficient (Wildman–Crippen LogP) is 1.33. The number of aromatic nitrogens is 4. The van der Waals surface area contributed by atoms with Gasteiger partial charge >= 0.3 is 5.97 Å². The lowest BCUT2D eigenvalue weighted by molar-refractivity contribution is -0.129. The second-order valence-corrected chi connectivity index (χ2v) is 4.88. The number of tetrazole rings is 1. The summed E-state index contributed by atoms with van der Waals surface area (Å²) in [5, 5.41) is 10.9. The van der Waals surface area contributed by atoms with E-state index in [1.165, 1.54) is 11.0 Å². The van der Waals surface area contributed by atoms with Crippen LogP contribution in [-0.2, 0) is 9.53 Å². The number of ketones is 1. The Bertz CT molecular complexity index is 654. The summed E-state index contributed by atoms with van der Waals surface area (Å²) in [6, 6.07) is 6.86. The number of Topliss-reactive ketones (excluding diaryl/α,β-unsaturated/α-hetero) is 1. The monoisotopic (exact) mass is 286 g/mol. The van der Waals surface area contributed by atoms with E-state index in [1.807, 2.05) is 0 Å². The van der Waals surface area contributed by atoms with E-state index in [4.69, 9.17) is 4.74 Å². The minimum absolute atomic E-state index is 0.00509. The maximum atomic E-state index is 12.3. The highest BCUT2D eigenvalue weighted by molar-refractivity contribution is 5.95. The average molecular weight is 286 g/mol. The van der Waals surface area contributed by atoms with E-state index in [2.05, 4.69) is 15.5 Å². The van der Waals surface area contributed by atoms with Crippen LogP contribution in [0.2, 0.25) is 0 Å². The second kappa shape index (κ2) is 5.82. The Kier molecular flexibility index (Phi) is 3.72. The highest BCUT2D eigenvalue weighted by atomic mass is 16.5. The van der Waals surface area contributed by atoms with Gasteiger partial charge in [-0.05, 0) is 41.8 Å². The number of para-hydroxylation sites is 1. The lowest BCUT2D eigenvalue weighted by Crippen LogP contribution is -2.30. The molecule has 1 aliphatic carbocycles. The van der Waals surface area contributed by atoms with Crippen molar-refractivity contribution in [2.24, 2.45) is 0 Å². The van der Waals surface area contributed by atoms with Gasteiger partial charge in [0.05, 0.1) is 11.3 Å². The van der Waals surface area contributed by atoms with E-state index < -0.39 is 12.1 Å². The summed E-state index contributed by atoms with van der Waals surface area (Å²) >= 11 is 0. The number of hydrogen-bond acceptors (Lipinski definition) is 6. The van der Waals surface area contributed by atoms with E-state index in [1.54, 1.807) is 24.3 Å². The molecule has 0 bridgehead atoms. The summed E-state index contributed by atoms with van der Waals surface area (Å²) in [5.41, 5.74) is 0.860. The fraction of sp³-hybridized carbons (Fsp3) is 0.357. The number of hydrogen-bond donors (Lipinski definition) is 0. The SMILES string of the molecule is O=C(O[C@H]1CCCCC1=O)c1ccccc1-n1cnnn1. The van der Waals surface area contributed by atoms with Gasteiger partial charge in [-0.15, -0.1) is 5.10 Å². The van der Waals surface area contributed by atoms with Gasteiger partial charge in [0.15, 0.2) is 11.9 Å². The van der Waals surface area contributed by atoms with Crippen LogP contribution in [0.3, 0.4) is 0 Å². The predicted molar refractivity (Wildman–Crippen MR) is 71.8 cm³/mol.